The van der Waals surface area contributed by atoms with Crippen molar-refractivity contribution in [3.05, 3.63) is 69.8 Å². The molecule has 0 amide bonds. The first-order valence-electron chi connectivity index (χ1n) is 10.5. The SMILES string of the molecule is COC(=O)C#Cc1cc2ccc1CCCCc1ccc(cc1C(=O)OC)CCCC2. The minimum atomic E-state index is -0.521. The van der Waals surface area contributed by atoms with Crippen molar-refractivity contribution in [3.63, 3.8) is 0 Å². The molecule has 0 radical (unpaired) electrons. The third-order valence-electron chi connectivity index (χ3n) is 5.56. The Labute approximate surface area is 178 Å². The summed E-state index contributed by atoms with van der Waals surface area (Å²) in [6, 6.07) is 12.6. The first kappa shape index (κ1) is 21.6. The first-order valence-corrected chi connectivity index (χ1v) is 10.5. The van der Waals surface area contributed by atoms with E-state index >= 15 is 0 Å². The fourth-order valence-electron chi connectivity index (χ4n) is 3.87. The van der Waals surface area contributed by atoms with Crippen LogP contribution >= 0.6 is 0 Å². The Kier molecular flexibility index (Phi) is 7.68. The van der Waals surface area contributed by atoms with Crippen LogP contribution in [0.1, 0.15) is 63.9 Å². The molecule has 0 N–H and O–H groups in total. The standard InChI is InChI=1S/C26H28O4/c1-29-25(27)16-15-23-17-19-7-3-4-8-20-12-14-22(24(18-20)26(28)30-2)10-6-5-9-21(23)13-11-19/h11-14,17-18H,3-10H2,1-2H3. The molecule has 0 spiro atoms. The number of aryl methyl sites for hydroxylation is 4. The molecule has 0 unspecified atom stereocenters. The Morgan fingerprint density at radius 3 is 2.03 bits per heavy atom. The molecule has 0 saturated heterocycles. The van der Waals surface area contributed by atoms with E-state index in [1.54, 1.807) is 0 Å². The molecule has 0 aromatic heterocycles. The van der Waals surface area contributed by atoms with Crippen molar-refractivity contribution < 1.29 is 19.1 Å². The second-order valence-electron chi connectivity index (χ2n) is 7.63. The smallest absolute Gasteiger partial charge is 0.384 e. The van der Waals surface area contributed by atoms with Gasteiger partial charge in [-0.05, 0) is 85.8 Å². The first-order chi connectivity index (χ1) is 14.6. The molecular weight excluding hydrogens is 376 g/mol. The topological polar surface area (TPSA) is 52.6 Å². The molecular formula is C26H28O4. The lowest BCUT2D eigenvalue weighted by Gasteiger charge is -2.13. The minimum absolute atomic E-state index is 0.261. The number of benzene rings is 2. The zero-order chi connectivity index (χ0) is 21.3. The normalized spacial score (nSPS) is 13.9. The third kappa shape index (κ3) is 5.73. The van der Waals surface area contributed by atoms with Gasteiger partial charge in [0.15, 0.2) is 0 Å². The van der Waals surface area contributed by atoms with E-state index in [2.05, 4.69) is 46.9 Å². The molecule has 4 aliphatic carbocycles. The summed E-state index contributed by atoms with van der Waals surface area (Å²) >= 11 is 0. The lowest BCUT2D eigenvalue weighted by atomic mass is 9.93. The van der Waals surface area contributed by atoms with Crippen molar-refractivity contribution in [2.75, 3.05) is 14.2 Å². The van der Waals surface area contributed by atoms with E-state index in [1.807, 2.05) is 6.07 Å². The predicted octanol–water partition coefficient (Wildman–Crippen LogP) is 4.44. The zero-order valence-electron chi connectivity index (χ0n) is 17.8. The maximum Gasteiger partial charge on any atom is 0.384 e. The third-order valence-corrected chi connectivity index (χ3v) is 5.56. The number of hydrogen-bond donors (Lipinski definition) is 0. The molecule has 0 atom stereocenters. The highest BCUT2D eigenvalue weighted by Crippen LogP contribution is 2.21. The van der Waals surface area contributed by atoms with Crippen molar-refractivity contribution in [1.82, 2.24) is 0 Å². The van der Waals surface area contributed by atoms with Crippen LogP contribution in [-0.4, -0.2) is 26.2 Å². The Bertz CT molecular complexity index is 978. The van der Waals surface area contributed by atoms with Crippen LogP contribution in [0.5, 0.6) is 0 Å². The summed E-state index contributed by atoms with van der Waals surface area (Å²) in [5.74, 6) is 4.78. The summed E-state index contributed by atoms with van der Waals surface area (Å²) in [5, 5.41) is 0. The summed E-state index contributed by atoms with van der Waals surface area (Å²) in [7, 11) is 2.78. The number of carbonyl (C=O) groups is 2. The number of esters is 2. The molecule has 30 heavy (non-hydrogen) atoms. The number of ether oxygens (including phenoxy) is 2. The van der Waals surface area contributed by atoms with E-state index in [0.717, 1.165) is 68.1 Å². The molecule has 4 heteroatoms. The molecule has 156 valence electrons. The van der Waals surface area contributed by atoms with Gasteiger partial charge in [-0.25, -0.2) is 9.59 Å². The monoisotopic (exact) mass is 404 g/mol. The van der Waals surface area contributed by atoms with Crippen molar-refractivity contribution >= 4 is 11.9 Å². The van der Waals surface area contributed by atoms with Gasteiger partial charge in [0, 0.05) is 11.5 Å². The molecule has 0 saturated carbocycles. The van der Waals surface area contributed by atoms with Gasteiger partial charge in [0.25, 0.3) is 0 Å². The van der Waals surface area contributed by atoms with Gasteiger partial charge in [-0.1, -0.05) is 30.2 Å². The van der Waals surface area contributed by atoms with Crippen LogP contribution in [0.2, 0.25) is 0 Å². The average Bonchev–Trinajstić information content (AvgIpc) is 2.77. The predicted molar refractivity (Wildman–Crippen MR) is 116 cm³/mol. The lowest BCUT2D eigenvalue weighted by Crippen LogP contribution is -2.07. The van der Waals surface area contributed by atoms with Crippen molar-refractivity contribution in [3.8, 4) is 11.8 Å². The Morgan fingerprint density at radius 2 is 1.37 bits per heavy atom. The molecule has 4 nitrogen and oxygen atoms in total. The average molecular weight is 405 g/mol. The van der Waals surface area contributed by atoms with Crippen LogP contribution in [0.15, 0.2) is 36.4 Å². The fraction of sp³-hybridized carbons (Fsp3) is 0.385. The molecule has 4 bridgehead atoms. The van der Waals surface area contributed by atoms with Crippen LogP contribution in [-0.2, 0) is 40.0 Å². The van der Waals surface area contributed by atoms with Crippen LogP contribution in [0.3, 0.4) is 0 Å². The molecule has 0 fully saturated rings. The maximum atomic E-state index is 12.3. The number of hydrogen-bond acceptors (Lipinski definition) is 4. The maximum absolute atomic E-state index is 12.3. The van der Waals surface area contributed by atoms with Gasteiger partial charge < -0.3 is 9.47 Å². The Hall–Kier alpha value is -3.06. The summed E-state index contributed by atoms with van der Waals surface area (Å²) in [5.41, 5.74) is 6.18. The van der Waals surface area contributed by atoms with E-state index in [-0.39, 0.29) is 5.97 Å². The van der Waals surface area contributed by atoms with E-state index in [9.17, 15) is 9.59 Å². The highest BCUT2D eigenvalue weighted by atomic mass is 16.5. The van der Waals surface area contributed by atoms with Gasteiger partial charge in [0.2, 0.25) is 0 Å². The molecule has 4 aliphatic rings. The van der Waals surface area contributed by atoms with Gasteiger partial charge in [0.05, 0.1) is 19.8 Å². The number of carbonyl (C=O) groups excluding carboxylic acids is 2. The Balaban J connectivity index is 1.85. The largest absolute Gasteiger partial charge is 0.465 e. The summed E-state index contributed by atoms with van der Waals surface area (Å²) in [6.07, 6.45) is 7.57. The van der Waals surface area contributed by atoms with Gasteiger partial charge in [-0.3, -0.25) is 0 Å². The summed E-state index contributed by atoms with van der Waals surface area (Å²) < 4.78 is 9.66. The second kappa shape index (κ2) is 10.6. The van der Waals surface area contributed by atoms with E-state index in [1.165, 1.54) is 25.3 Å². The molecule has 2 aromatic carbocycles. The van der Waals surface area contributed by atoms with Gasteiger partial charge >= 0.3 is 11.9 Å². The number of methoxy groups -OCH3 is 2. The fourth-order valence-corrected chi connectivity index (χ4v) is 3.87. The van der Waals surface area contributed by atoms with Crippen LogP contribution in [0, 0.1) is 11.8 Å². The summed E-state index contributed by atoms with van der Waals surface area (Å²) in [6.45, 7) is 0. The van der Waals surface area contributed by atoms with Gasteiger partial charge in [-0.15, -0.1) is 0 Å². The van der Waals surface area contributed by atoms with E-state index in [4.69, 9.17) is 4.74 Å². The van der Waals surface area contributed by atoms with E-state index < -0.39 is 5.97 Å². The van der Waals surface area contributed by atoms with Crippen molar-refractivity contribution in [1.29, 1.82) is 0 Å². The molecule has 6 rings (SSSR count). The molecule has 2 aromatic rings. The Morgan fingerprint density at radius 1 is 0.767 bits per heavy atom. The van der Waals surface area contributed by atoms with Gasteiger partial charge in [0.1, 0.15) is 0 Å². The van der Waals surface area contributed by atoms with Gasteiger partial charge in [-0.2, -0.15) is 0 Å². The lowest BCUT2D eigenvalue weighted by molar-refractivity contribution is -0.133. The molecule has 0 aliphatic heterocycles. The highest BCUT2D eigenvalue weighted by molar-refractivity contribution is 5.91. The number of rotatable bonds is 1. The van der Waals surface area contributed by atoms with Crippen molar-refractivity contribution in [2.24, 2.45) is 0 Å². The highest BCUT2D eigenvalue weighted by Gasteiger charge is 2.13. The summed E-state index contributed by atoms with van der Waals surface area (Å²) in [4.78, 5) is 23.7. The van der Waals surface area contributed by atoms with Crippen LogP contribution in [0.4, 0.5) is 0 Å². The van der Waals surface area contributed by atoms with Crippen LogP contribution in [0.25, 0.3) is 0 Å². The minimum Gasteiger partial charge on any atom is -0.465 e. The van der Waals surface area contributed by atoms with Crippen molar-refractivity contribution in [2.45, 2.75) is 51.4 Å². The van der Waals surface area contributed by atoms with Crippen LogP contribution < -0.4 is 0 Å². The second-order valence-corrected chi connectivity index (χ2v) is 7.63. The van der Waals surface area contributed by atoms with E-state index in [0.29, 0.717) is 5.56 Å². The quantitative estimate of drug-likeness (QED) is 0.521. The molecule has 0 heterocycles. The zero-order valence-corrected chi connectivity index (χ0v) is 17.8.